The number of likely N-dealkylation sites (tertiary alicyclic amines) is 1. The lowest BCUT2D eigenvalue weighted by atomic mass is 9.93. The monoisotopic (exact) mass is 715 g/mol. The van der Waals surface area contributed by atoms with E-state index in [-0.39, 0.29) is 63.6 Å². The molecule has 3 heterocycles. The Bertz CT molecular complexity index is 1710. The molecule has 3 aromatic rings. The SMILES string of the molecule is COCCN1CC(=O)N[C@@H](Cc2ccccc2)C(=O)N[C@@H]2CN(C(=O)Cn3ccc(C)n3)C[C@H]2c2cccc(c2)OCC(=O)N[C@H](CC(C)C)C1=O. The Balaban J connectivity index is 1.48. The number of hydrogen-bond donors (Lipinski definition) is 3. The van der Waals surface area contributed by atoms with Crippen molar-refractivity contribution in [2.75, 3.05) is 46.5 Å². The molecule has 1 saturated heterocycles. The average molecular weight is 716 g/mol. The van der Waals surface area contributed by atoms with Crippen molar-refractivity contribution in [3.8, 4) is 5.75 Å². The van der Waals surface area contributed by atoms with E-state index in [1.807, 2.05) is 63.2 Å². The summed E-state index contributed by atoms with van der Waals surface area (Å²) in [5, 5.41) is 13.2. The predicted octanol–water partition coefficient (Wildman–Crippen LogP) is 1.43. The smallest absolute Gasteiger partial charge is 0.258 e. The molecule has 0 saturated carbocycles. The van der Waals surface area contributed by atoms with E-state index in [0.717, 1.165) is 16.8 Å². The van der Waals surface area contributed by atoms with Gasteiger partial charge in [0.2, 0.25) is 23.6 Å². The van der Waals surface area contributed by atoms with E-state index < -0.39 is 41.8 Å². The molecular formula is C38H49N7O7. The van der Waals surface area contributed by atoms with Gasteiger partial charge in [0, 0.05) is 45.3 Å². The third-order valence-electron chi connectivity index (χ3n) is 9.21. The minimum atomic E-state index is -0.994. The number of carbonyl (C=O) groups excluding carboxylic acids is 5. The number of carbonyl (C=O) groups is 5. The van der Waals surface area contributed by atoms with Crippen molar-refractivity contribution in [1.29, 1.82) is 0 Å². The van der Waals surface area contributed by atoms with E-state index in [4.69, 9.17) is 9.47 Å². The van der Waals surface area contributed by atoms with Crippen LogP contribution in [0.25, 0.3) is 0 Å². The zero-order valence-electron chi connectivity index (χ0n) is 30.2. The quantitative estimate of drug-likeness (QED) is 0.300. The van der Waals surface area contributed by atoms with E-state index in [1.165, 1.54) is 12.0 Å². The van der Waals surface area contributed by atoms with E-state index in [9.17, 15) is 24.0 Å². The average Bonchev–Trinajstić information content (AvgIpc) is 3.73. The Hall–Kier alpha value is -5.24. The van der Waals surface area contributed by atoms with Gasteiger partial charge >= 0.3 is 0 Å². The molecule has 14 nitrogen and oxygen atoms in total. The number of ether oxygens (including phenoxy) is 2. The molecule has 0 aliphatic carbocycles. The van der Waals surface area contributed by atoms with E-state index in [1.54, 1.807) is 34.0 Å². The summed E-state index contributed by atoms with van der Waals surface area (Å²) >= 11 is 0. The molecule has 2 aliphatic heterocycles. The molecule has 0 radical (unpaired) electrons. The molecule has 5 amide bonds. The number of nitrogens with one attached hydrogen (secondary N) is 3. The number of nitrogens with zero attached hydrogens (tertiary/aromatic N) is 4. The standard InChI is InChI=1S/C38H49N7O7/c1-25(2)17-32-38(50)43(15-16-51-4)22-34(46)39-31(18-27-9-6-5-7-10-27)37(49)41-33-21-44(36(48)23-45-14-13-26(3)42-45)20-30(33)28-11-8-12-29(19-28)52-24-35(47)40-32/h5-14,19,25,30-33H,15-18,20-24H2,1-4H3,(H,39,46)(H,40,47)(H,41,49)/t30-,31-,32+,33+/m0/s1. The van der Waals surface area contributed by atoms with E-state index >= 15 is 0 Å². The van der Waals surface area contributed by atoms with Crippen molar-refractivity contribution in [3.63, 3.8) is 0 Å². The van der Waals surface area contributed by atoms with Gasteiger partial charge in [-0.15, -0.1) is 0 Å². The zero-order chi connectivity index (χ0) is 37.2. The Kier molecular flexibility index (Phi) is 13.0. The predicted molar refractivity (Wildman–Crippen MR) is 192 cm³/mol. The lowest BCUT2D eigenvalue weighted by Crippen LogP contribution is -2.56. The first-order valence-electron chi connectivity index (χ1n) is 17.7. The fourth-order valence-corrected chi connectivity index (χ4v) is 6.64. The van der Waals surface area contributed by atoms with Crippen molar-refractivity contribution in [1.82, 2.24) is 35.5 Å². The summed E-state index contributed by atoms with van der Waals surface area (Å²) in [6.45, 7) is 5.88. The molecule has 1 aromatic heterocycles. The summed E-state index contributed by atoms with van der Waals surface area (Å²) in [4.78, 5) is 71.6. The fraction of sp³-hybridized carbons (Fsp3) is 0.474. The molecule has 4 atom stereocenters. The number of rotatable bonds is 9. The van der Waals surface area contributed by atoms with Crippen molar-refractivity contribution >= 4 is 29.5 Å². The van der Waals surface area contributed by atoms with E-state index in [2.05, 4.69) is 21.0 Å². The minimum Gasteiger partial charge on any atom is -0.484 e. The molecule has 5 rings (SSSR count). The number of fused-ring (bicyclic) bond motifs is 4. The molecular weight excluding hydrogens is 666 g/mol. The number of amides is 5. The second-order valence-corrected chi connectivity index (χ2v) is 13.8. The molecule has 0 spiro atoms. The van der Waals surface area contributed by atoms with Gasteiger partial charge in [0.05, 0.1) is 24.9 Å². The highest BCUT2D eigenvalue weighted by atomic mass is 16.5. The van der Waals surface area contributed by atoms with Crippen molar-refractivity contribution in [3.05, 3.63) is 83.7 Å². The first kappa shape index (κ1) is 38.0. The van der Waals surface area contributed by atoms with Gasteiger partial charge in [-0.05, 0) is 48.6 Å². The maximum Gasteiger partial charge on any atom is 0.258 e. The number of hydrogen-bond acceptors (Lipinski definition) is 8. The second kappa shape index (κ2) is 17.8. The molecule has 2 bridgehead atoms. The summed E-state index contributed by atoms with van der Waals surface area (Å²) in [5.41, 5.74) is 2.43. The molecule has 0 unspecified atom stereocenters. The van der Waals surface area contributed by atoms with Crippen LogP contribution in [0.5, 0.6) is 5.75 Å². The number of methoxy groups -OCH3 is 1. The fourth-order valence-electron chi connectivity index (χ4n) is 6.64. The number of benzene rings is 2. The lowest BCUT2D eigenvalue weighted by molar-refractivity contribution is -0.141. The third kappa shape index (κ3) is 10.4. The summed E-state index contributed by atoms with van der Waals surface area (Å²) in [7, 11) is 1.50. The molecule has 278 valence electrons. The Morgan fingerprint density at radius 3 is 2.44 bits per heavy atom. The summed E-state index contributed by atoms with van der Waals surface area (Å²) in [6, 6.07) is 16.0. The largest absolute Gasteiger partial charge is 0.484 e. The van der Waals surface area contributed by atoms with Crippen LogP contribution in [0.4, 0.5) is 0 Å². The van der Waals surface area contributed by atoms with Gasteiger partial charge in [-0.2, -0.15) is 5.10 Å². The first-order valence-corrected chi connectivity index (χ1v) is 17.7. The van der Waals surface area contributed by atoms with Crippen LogP contribution in [-0.2, 0) is 41.7 Å². The van der Waals surface area contributed by atoms with Gasteiger partial charge in [-0.1, -0.05) is 56.3 Å². The highest BCUT2D eigenvalue weighted by molar-refractivity contribution is 5.93. The van der Waals surface area contributed by atoms with Crippen LogP contribution in [-0.4, -0.2) is 114 Å². The topological polar surface area (TPSA) is 164 Å². The Morgan fingerprint density at radius 2 is 1.73 bits per heavy atom. The van der Waals surface area contributed by atoms with Crippen LogP contribution in [0.1, 0.15) is 43.0 Å². The van der Waals surface area contributed by atoms with Crippen LogP contribution in [0.2, 0.25) is 0 Å². The normalized spacial score (nSPS) is 21.8. The highest BCUT2D eigenvalue weighted by Crippen LogP contribution is 2.30. The second-order valence-electron chi connectivity index (χ2n) is 13.8. The minimum absolute atomic E-state index is 0.0439. The molecule has 1 fully saturated rings. The van der Waals surface area contributed by atoms with Gasteiger partial charge in [0.25, 0.3) is 5.91 Å². The molecule has 2 aromatic carbocycles. The summed E-state index contributed by atoms with van der Waals surface area (Å²) in [5.74, 6) is -1.88. The first-order chi connectivity index (χ1) is 25.0. The van der Waals surface area contributed by atoms with Gasteiger partial charge in [0.15, 0.2) is 6.61 Å². The molecule has 52 heavy (non-hydrogen) atoms. The summed E-state index contributed by atoms with van der Waals surface area (Å²) in [6.07, 6.45) is 2.28. The van der Waals surface area contributed by atoms with Gasteiger partial charge in [0.1, 0.15) is 24.4 Å². The molecule has 3 N–H and O–H groups in total. The summed E-state index contributed by atoms with van der Waals surface area (Å²) < 4.78 is 12.7. The van der Waals surface area contributed by atoms with Crippen LogP contribution in [0.3, 0.4) is 0 Å². The van der Waals surface area contributed by atoms with Gasteiger partial charge in [-0.25, -0.2) is 0 Å². The Labute approximate surface area is 304 Å². The maximum atomic E-state index is 14.2. The Morgan fingerprint density at radius 1 is 0.962 bits per heavy atom. The van der Waals surface area contributed by atoms with E-state index in [0.29, 0.717) is 18.7 Å². The van der Waals surface area contributed by atoms with Crippen molar-refractivity contribution < 1.29 is 33.4 Å². The van der Waals surface area contributed by atoms with Gasteiger partial charge < -0.3 is 35.2 Å². The molecule has 14 heteroatoms. The van der Waals surface area contributed by atoms with Crippen LogP contribution in [0, 0.1) is 12.8 Å². The van der Waals surface area contributed by atoms with Crippen LogP contribution >= 0.6 is 0 Å². The zero-order valence-corrected chi connectivity index (χ0v) is 30.2. The molecule has 2 aliphatic rings. The van der Waals surface area contributed by atoms with Crippen LogP contribution < -0.4 is 20.7 Å². The van der Waals surface area contributed by atoms with Crippen molar-refractivity contribution in [2.24, 2.45) is 5.92 Å². The maximum absolute atomic E-state index is 14.2. The lowest BCUT2D eigenvalue weighted by Gasteiger charge is -2.29. The van der Waals surface area contributed by atoms with Crippen molar-refractivity contribution in [2.45, 2.75) is 64.2 Å². The highest BCUT2D eigenvalue weighted by Gasteiger charge is 2.39. The van der Waals surface area contributed by atoms with Crippen LogP contribution in [0.15, 0.2) is 66.9 Å². The third-order valence-corrected chi connectivity index (χ3v) is 9.21. The number of aromatic nitrogens is 2. The van der Waals surface area contributed by atoms with Gasteiger partial charge in [-0.3, -0.25) is 28.7 Å². The number of aryl methyl sites for hydroxylation is 1.